The van der Waals surface area contributed by atoms with Crippen molar-refractivity contribution in [1.29, 1.82) is 0 Å². The Morgan fingerprint density at radius 1 is 0.596 bits per heavy atom. The second-order valence-electron chi connectivity index (χ2n) is 15.3. The van der Waals surface area contributed by atoms with Crippen LogP contribution in [-0.4, -0.2) is 71.1 Å². The summed E-state index contributed by atoms with van der Waals surface area (Å²) in [6.07, 6.45) is -17.8. The molecule has 0 amide bonds. The minimum absolute atomic E-state index is 0.270. The van der Waals surface area contributed by atoms with Gasteiger partial charge in [-0.3, -0.25) is 0 Å². The minimum Gasteiger partial charge on any atom is -0.493 e. The fourth-order valence-corrected chi connectivity index (χ4v) is 9.57. The summed E-state index contributed by atoms with van der Waals surface area (Å²) in [7, 11) is 0. The lowest BCUT2D eigenvalue weighted by Crippen LogP contribution is -2.41. The Balaban J connectivity index is 0.000000190. The summed E-state index contributed by atoms with van der Waals surface area (Å²) in [5, 5.41) is 28.2. The number of para-hydroxylation sites is 2. The van der Waals surface area contributed by atoms with Gasteiger partial charge in [-0.25, -0.2) is 0 Å². The third kappa shape index (κ3) is 11.5. The van der Waals surface area contributed by atoms with Crippen LogP contribution in [0.1, 0.15) is 95.2 Å². The van der Waals surface area contributed by atoms with Crippen LogP contribution in [0.2, 0.25) is 0 Å². The summed E-state index contributed by atoms with van der Waals surface area (Å²) in [5.74, 6) is 2.06. The second kappa shape index (κ2) is 18.8. The second-order valence-corrected chi connectivity index (χ2v) is 16.4. The zero-order valence-corrected chi connectivity index (χ0v) is 32.9. The third-order valence-corrected chi connectivity index (χ3v) is 12.5. The van der Waals surface area contributed by atoms with Crippen LogP contribution >= 0.6 is 11.8 Å². The van der Waals surface area contributed by atoms with Crippen molar-refractivity contribution in [2.75, 3.05) is 19.0 Å². The van der Waals surface area contributed by atoms with Gasteiger partial charge in [-0.15, -0.1) is 11.8 Å². The molecule has 0 fully saturated rings. The molecule has 6 unspecified atom stereocenters. The number of rotatable bonds is 9. The van der Waals surface area contributed by atoms with Crippen molar-refractivity contribution in [3.05, 3.63) is 89.5 Å². The molecule has 3 heterocycles. The van der Waals surface area contributed by atoms with Crippen LogP contribution in [0.5, 0.6) is 11.5 Å². The van der Waals surface area contributed by atoms with Crippen molar-refractivity contribution >= 4 is 11.8 Å². The van der Waals surface area contributed by atoms with Crippen LogP contribution in [0.15, 0.2) is 77.7 Å². The molecular formula is C42H51F9O5S. The molecule has 0 saturated carbocycles. The highest BCUT2D eigenvalue weighted by atomic mass is 32.2. The molecule has 0 radical (unpaired) electrons. The molecule has 0 spiro atoms. The van der Waals surface area contributed by atoms with E-state index in [1.807, 2.05) is 44.2 Å². The molecule has 5 nitrogen and oxygen atoms in total. The Morgan fingerprint density at radius 2 is 1.02 bits per heavy atom. The molecule has 6 atom stereocenters. The summed E-state index contributed by atoms with van der Waals surface area (Å²) in [6, 6.07) is 21.9. The van der Waals surface area contributed by atoms with E-state index in [9.17, 15) is 54.8 Å². The summed E-state index contributed by atoms with van der Waals surface area (Å²) < 4.78 is 124. The number of hydrogen-bond acceptors (Lipinski definition) is 6. The van der Waals surface area contributed by atoms with Crippen molar-refractivity contribution in [3.8, 4) is 11.5 Å². The lowest BCUT2D eigenvalue weighted by atomic mass is 9.69. The average molecular weight is 839 g/mol. The fourth-order valence-electron chi connectivity index (χ4n) is 8.16. The Bertz CT molecular complexity index is 1730. The van der Waals surface area contributed by atoms with Gasteiger partial charge in [-0.1, -0.05) is 81.8 Å². The van der Waals surface area contributed by atoms with Gasteiger partial charge in [-0.05, 0) is 86.3 Å². The van der Waals surface area contributed by atoms with Crippen LogP contribution in [0.3, 0.4) is 0 Å². The molecule has 6 rings (SSSR count). The molecule has 0 saturated heterocycles. The number of halogens is 9. The minimum atomic E-state index is -4.58. The van der Waals surface area contributed by atoms with Crippen LogP contribution in [0.25, 0.3) is 0 Å². The molecule has 3 aliphatic heterocycles. The maximum Gasteiger partial charge on any atom is 0.414 e. The third-order valence-electron chi connectivity index (χ3n) is 11.4. The van der Waals surface area contributed by atoms with Gasteiger partial charge in [0.05, 0.1) is 13.2 Å². The topological polar surface area (TPSA) is 79.2 Å². The summed E-state index contributed by atoms with van der Waals surface area (Å²) >= 11 is 1.66. The van der Waals surface area contributed by atoms with Crippen LogP contribution in [0.4, 0.5) is 39.5 Å². The first kappa shape index (κ1) is 46.5. The molecule has 318 valence electrons. The van der Waals surface area contributed by atoms with Crippen LogP contribution < -0.4 is 9.47 Å². The van der Waals surface area contributed by atoms with E-state index in [1.165, 1.54) is 0 Å². The van der Waals surface area contributed by atoms with E-state index < -0.39 is 53.1 Å². The van der Waals surface area contributed by atoms with Crippen molar-refractivity contribution in [2.24, 2.45) is 0 Å². The Morgan fingerprint density at radius 3 is 1.51 bits per heavy atom. The van der Waals surface area contributed by atoms with Crippen molar-refractivity contribution in [1.82, 2.24) is 0 Å². The van der Waals surface area contributed by atoms with Gasteiger partial charge < -0.3 is 24.8 Å². The number of thioether (sulfide) groups is 1. The number of fused-ring (bicyclic) bond motifs is 3. The highest BCUT2D eigenvalue weighted by Crippen LogP contribution is 2.48. The molecule has 0 bridgehead atoms. The predicted molar refractivity (Wildman–Crippen MR) is 201 cm³/mol. The summed E-state index contributed by atoms with van der Waals surface area (Å²) in [4.78, 5) is 1.03. The summed E-state index contributed by atoms with van der Waals surface area (Å²) in [6.45, 7) is 6.38. The first-order valence-electron chi connectivity index (χ1n) is 19.0. The van der Waals surface area contributed by atoms with Gasteiger partial charge in [0.25, 0.3) is 0 Å². The molecule has 3 N–H and O–H groups in total. The quantitative estimate of drug-likeness (QED) is 0.186. The van der Waals surface area contributed by atoms with E-state index in [2.05, 4.69) is 0 Å². The van der Waals surface area contributed by atoms with Gasteiger partial charge in [0.15, 0.2) is 18.3 Å². The molecule has 15 heteroatoms. The average Bonchev–Trinajstić information content (AvgIpc) is 3.15. The summed E-state index contributed by atoms with van der Waals surface area (Å²) in [5.41, 5.74) is 0.562. The monoisotopic (exact) mass is 838 g/mol. The largest absolute Gasteiger partial charge is 0.493 e. The van der Waals surface area contributed by atoms with Crippen LogP contribution in [0, 0.1) is 0 Å². The predicted octanol–water partition coefficient (Wildman–Crippen LogP) is 11.0. The maximum atomic E-state index is 12.7. The van der Waals surface area contributed by atoms with E-state index in [0.717, 1.165) is 33.8 Å². The highest BCUT2D eigenvalue weighted by molar-refractivity contribution is 7.99. The number of hydrogen-bond donors (Lipinski definition) is 3. The first-order valence-corrected chi connectivity index (χ1v) is 20.0. The standard InChI is InChI=1S/C15H19F3O2.C14H17F3O2.C13H15F3OS/c1-2-7-14(10-13(19)15(16,17)18)8-9-20-12-6-4-3-5-11(12)14;1-2-13(9-12(18)14(15,16)17)7-8-19-11-6-4-3-5-10(11)13;1-12(8-11(17)13(14,15)16)6-7-18-10-5-3-2-4-9(10)12/h3-6,13,19H,2,7-10H2,1H3;3-6,12,18H,2,7-9H2,1H3;2-5,11,17H,6-8H2,1H3. The van der Waals surface area contributed by atoms with E-state index in [1.54, 1.807) is 61.2 Å². The van der Waals surface area contributed by atoms with E-state index in [4.69, 9.17) is 9.47 Å². The Labute approximate surface area is 332 Å². The zero-order chi connectivity index (χ0) is 42.3. The van der Waals surface area contributed by atoms with Crippen LogP contribution in [-0.2, 0) is 16.2 Å². The molecule has 0 aromatic heterocycles. The Kier molecular flexibility index (Phi) is 15.4. The zero-order valence-electron chi connectivity index (χ0n) is 32.1. The molecular weight excluding hydrogens is 788 g/mol. The van der Waals surface area contributed by atoms with Gasteiger partial charge in [0.1, 0.15) is 11.5 Å². The smallest absolute Gasteiger partial charge is 0.414 e. The number of ether oxygens (including phenoxy) is 2. The normalized spacial score (nSPS) is 24.6. The lowest BCUT2D eigenvalue weighted by molar-refractivity contribution is -0.210. The molecule has 3 aliphatic rings. The van der Waals surface area contributed by atoms with E-state index in [0.29, 0.717) is 56.8 Å². The molecule has 0 aliphatic carbocycles. The first-order chi connectivity index (χ1) is 26.6. The van der Waals surface area contributed by atoms with Gasteiger partial charge in [0, 0.05) is 26.9 Å². The lowest BCUT2D eigenvalue weighted by Gasteiger charge is -2.40. The number of aliphatic hydroxyl groups excluding tert-OH is 3. The molecule has 57 heavy (non-hydrogen) atoms. The SMILES string of the molecule is CC1(CC(O)C(F)(F)F)CCSc2ccccc21.CCC1(CC(O)C(F)(F)F)CCOc2ccccc21.CCCC1(CC(O)C(F)(F)F)CCOc2ccccc21. The molecule has 3 aromatic carbocycles. The Hall–Kier alpha value is -3.14. The number of aliphatic hydroxyl groups is 3. The fraction of sp³-hybridized carbons (Fsp3) is 0.571. The highest BCUT2D eigenvalue weighted by Gasteiger charge is 2.48. The van der Waals surface area contributed by atoms with E-state index in [-0.39, 0.29) is 19.3 Å². The van der Waals surface area contributed by atoms with Gasteiger partial charge in [0.2, 0.25) is 0 Å². The van der Waals surface area contributed by atoms with Crippen molar-refractivity contribution < 1.29 is 64.3 Å². The van der Waals surface area contributed by atoms with Crippen molar-refractivity contribution in [2.45, 2.75) is 137 Å². The van der Waals surface area contributed by atoms with Gasteiger partial charge in [-0.2, -0.15) is 39.5 Å². The van der Waals surface area contributed by atoms with Crippen molar-refractivity contribution in [3.63, 3.8) is 0 Å². The maximum absolute atomic E-state index is 12.7. The van der Waals surface area contributed by atoms with Gasteiger partial charge >= 0.3 is 18.5 Å². The number of benzene rings is 3. The molecule has 3 aromatic rings. The number of alkyl halides is 9. The van der Waals surface area contributed by atoms with E-state index >= 15 is 0 Å².